The topological polar surface area (TPSA) is 26.3 Å². The van der Waals surface area contributed by atoms with Gasteiger partial charge in [0.1, 0.15) is 0 Å². The van der Waals surface area contributed by atoms with E-state index in [9.17, 15) is 4.79 Å². The first kappa shape index (κ1) is 14.9. The number of carbonyl (C=O) groups excluding carboxylic acids is 1. The lowest BCUT2D eigenvalue weighted by atomic mass is 10.0. The molecule has 2 aromatic carbocycles. The zero-order valence-corrected chi connectivity index (χ0v) is 12.5. The monoisotopic (exact) mass is 308 g/mol. The van der Waals surface area contributed by atoms with E-state index in [4.69, 9.17) is 27.9 Å². The molecule has 1 atom stereocenters. The zero-order valence-electron chi connectivity index (χ0n) is 11.0. The second-order valence-corrected chi connectivity index (χ2v) is 5.06. The van der Waals surface area contributed by atoms with Gasteiger partial charge in [0.15, 0.2) is 5.38 Å². The van der Waals surface area contributed by atoms with E-state index in [0.29, 0.717) is 17.2 Å². The van der Waals surface area contributed by atoms with Crippen LogP contribution in [0.4, 0.5) is 0 Å². The molecule has 0 aliphatic heterocycles. The molecule has 2 nitrogen and oxygen atoms in total. The molecule has 2 aromatic rings. The number of ether oxygens (including phenoxy) is 1. The van der Waals surface area contributed by atoms with Crippen LogP contribution in [0.3, 0.4) is 0 Å². The lowest BCUT2D eigenvalue weighted by Gasteiger charge is -2.10. The molecule has 0 N–H and O–H groups in total. The molecule has 0 amide bonds. The van der Waals surface area contributed by atoms with Crippen molar-refractivity contribution in [1.82, 2.24) is 0 Å². The Morgan fingerprint density at radius 1 is 1.15 bits per heavy atom. The molecule has 4 heteroatoms. The molecule has 1 unspecified atom stereocenters. The Morgan fingerprint density at radius 3 is 2.40 bits per heavy atom. The number of hydrogen-bond acceptors (Lipinski definition) is 2. The number of rotatable bonds is 4. The third-order valence-corrected chi connectivity index (χ3v) is 3.64. The van der Waals surface area contributed by atoms with Crippen molar-refractivity contribution in [3.8, 4) is 11.1 Å². The normalized spacial score (nSPS) is 11.9. The largest absolute Gasteiger partial charge is 0.465 e. The summed E-state index contributed by atoms with van der Waals surface area (Å²) in [5, 5.41) is -0.0942. The van der Waals surface area contributed by atoms with Crippen LogP contribution in [0.15, 0.2) is 48.5 Å². The molecule has 0 bridgehead atoms. The van der Waals surface area contributed by atoms with Gasteiger partial charge < -0.3 is 4.74 Å². The summed E-state index contributed by atoms with van der Waals surface area (Å²) in [6.07, 6.45) is 0. The number of benzene rings is 2. The van der Waals surface area contributed by atoms with Crippen molar-refractivity contribution >= 4 is 29.2 Å². The standard InChI is InChI=1S/C16H14Cl2O2/c1-2-20-16(19)15(18)12-9-7-11(8-10-12)13-5-3-4-6-14(13)17/h3-10,15H,2H2,1H3. The van der Waals surface area contributed by atoms with Crippen LogP contribution in [-0.4, -0.2) is 12.6 Å². The number of halogens is 2. The fourth-order valence-corrected chi connectivity index (χ4v) is 2.33. The SMILES string of the molecule is CCOC(=O)C(Cl)c1ccc(-c2ccccc2Cl)cc1. The molecule has 0 aromatic heterocycles. The summed E-state index contributed by atoms with van der Waals surface area (Å²) in [5.74, 6) is -0.431. The van der Waals surface area contributed by atoms with Gasteiger partial charge in [-0.25, -0.2) is 0 Å². The quantitative estimate of drug-likeness (QED) is 0.596. The first-order chi connectivity index (χ1) is 9.63. The molecule has 0 saturated carbocycles. The molecule has 0 aliphatic rings. The fourth-order valence-electron chi connectivity index (χ4n) is 1.88. The molecule has 20 heavy (non-hydrogen) atoms. The van der Waals surface area contributed by atoms with Gasteiger partial charge >= 0.3 is 5.97 Å². The molecule has 0 heterocycles. The van der Waals surface area contributed by atoms with E-state index in [1.807, 2.05) is 48.5 Å². The van der Waals surface area contributed by atoms with E-state index in [1.165, 1.54) is 0 Å². The summed E-state index contributed by atoms with van der Waals surface area (Å²) in [6, 6.07) is 15.0. The zero-order chi connectivity index (χ0) is 14.5. The molecule has 0 fully saturated rings. The summed E-state index contributed by atoms with van der Waals surface area (Å²) in [5.41, 5.74) is 2.64. The molecule has 0 aliphatic carbocycles. The van der Waals surface area contributed by atoms with Crippen molar-refractivity contribution in [3.63, 3.8) is 0 Å². The average Bonchev–Trinajstić information content (AvgIpc) is 2.47. The summed E-state index contributed by atoms with van der Waals surface area (Å²) in [6.45, 7) is 2.07. The Bertz CT molecular complexity index is 594. The first-order valence-corrected chi connectivity index (χ1v) is 7.10. The summed E-state index contributed by atoms with van der Waals surface area (Å²) >= 11 is 12.2. The lowest BCUT2D eigenvalue weighted by Crippen LogP contribution is -2.10. The highest BCUT2D eigenvalue weighted by Gasteiger charge is 2.18. The van der Waals surface area contributed by atoms with Gasteiger partial charge in [0.05, 0.1) is 6.61 Å². The van der Waals surface area contributed by atoms with Crippen molar-refractivity contribution in [1.29, 1.82) is 0 Å². The van der Waals surface area contributed by atoms with Gasteiger partial charge in [-0.3, -0.25) is 4.79 Å². The van der Waals surface area contributed by atoms with E-state index in [1.54, 1.807) is 6.92 Å². The Labute approximate surface area is 128 Å². The van der Waals surface area contributed by atoms with Crippen LogP contribution in [0.25, 0.3) is 11.1 Å². The predicted octanol–water partition coefficient (Wildman–Crippen LogP) is 4.85. The number of esters is 1. The van der Waals surface area contributed by atoms with Gasteiger partial charge in [-0.05, 0) is 24.1 Å². The Hall–Kier alpha value is -1.51. The van der Waals surface area contributed by atoms with E-state index < -0.39 is 11.3 Å². The Morgan fingerprint density at radius 2 is 1.80 bits per heavy atom. The highest BCUT2D eigenvalue weighted by Crippen LogP contribution is 2.30. The molecule has 0 saturated heterocycles. The highest BCUT2D eigenvalue weighted by atomic mass is 35.5. The maximum atomic E-state index is 11.6. The van der Waals surface area contributed by atoms with Crippen molar-refractivity contribution in [2.24, 2.45) is 0 Å². The summed E-state index contributed by atoms with van der Waals surface area (Å²) < 4.78 is 4.90. The van der Waals surface area contributed by atoms with Crippen molar-refractivity contribution in [3.05, 3.63) is 59.1 Å². The Balaban J connectivity index is 2.23. The second-order valence-electron chi connectivity index (χ2n) is 4.22. The molecular formula is C16H14Cl2O2. The number of hydrogen-bond donors (Lipinski definition) is 0. The van der Waals surface area contributed by atoms with Gasteiger partial charge in [0, 0.05) is 10.6 Å². The van der Waals surface area contributed by atoms with Crippen LogP contribution in [0.2, 0.25) is 5.02 Å². The van der Waals surface area contributed by atoms with Gasteiger partial charge in [0.2, 0.25) is 0 Å². The van der Waals surface area contributed by atoms with E-state index >= 15 is 0 Å². The van der Waals surface area contributed by atoms with Crippen LogP contribution in [-0.2, 0) is 9.53 Å². The lowest BCUT2D eigenvalue weighted by molar-refractivity contribution is -0.142. The number of alkyl halides is 1. The van der Waals surface area contributed by atoms with Crippen LogP contribution >= 0.6 is 23.2 Å². The third kappa shape index (κ3) is 3.33. The minimum atomic E-state index is -0.782. The van der Waals surface area contributed by atoms with Gasteiger partial charge in [-0.2, -0.15) is 0 Å². The first-order valence-electron chi connectivity index (χ1n) is 6.29. The minimum absolute atomic E-state index is 0.319. The van der Waals surface area contributed by atoms with Crippen LogP contribution in [0.5, 0.6) is 0 Å². The van der Waals surface area contributed by atoms with Crippen LogP contribution in [0, 0.1) is 0 Å². The minimum Gasteiger partial charge on any atom is -0.465 e. The maximum absolute atomic E-state index is 11.6. The van der Waals surface area contributed by atoms with Gasteiger partial charge in [0.25, 0.3) is 0 Å². The van der Waals surface area contributed by atoms with Crippen molar-refractivity contribution in [2.75, 3.05) is 6.61 Å². The molecule has 104 valence electrons. The highest BCUT2D eigenvalue weighted by molar-refractivity contribution is 6.33. The van der Waals surface area contributed by atoms with E-state index in [2.05, 4.69) is 0 Å². The maximum Gasteiger partial charge on any atom is 0.328 e. The molecular weight excluding hydrogens is 295 g/mol. The van der Waals surface area contributed by atoms with E-state index in [0.717, 1.165) is 11.1 Å². The van der Waals surface area contributed by atoms with Crippen molar-refractivity contribution in [2.45, 2.75) is 12.3 Å². The third-order valence-electron chi connectivity index (χ3n) is 2.88. The summed E-state index contributed by atoms with van der Waals surface area (Å²) in [7, 11) is 0. The molecule has 0 spiro atoms. The number of carbonyl (C=O) groups is 1. The average molecular weight is 309 g/mol. The van der Waals surface area contributed by atoms with E-state index in [-0.39, 0.29) is 0 Å². The molecule has 2 rings (SSSR count). The second kappa shape index (κ2) is 6.78. The smallest absolute Gasteiger partial charge is 0.328 e. The molecule has 0 radical (unpaired) electrons. The van der Waals surface area contributed by atoms with Gasteiger partial charge in [-0.1, -0.05) is 54.1 Å². The van der Waals surface area contributed by atoms with Crippen molar-refractivity contribution < 1.29 is 9.53 Å². The summed E-state index contributed by atoms with van der Waals surface area (Å²) in [4.78, 5) is 11.6. The van der Waals surface area contributed by atoms with Crippen LogP contribution in [0.1, 0.15) is 17.9 Å². The Kier molecular flexibility index (Phi) is 5.05. The van der Waals surface area contributed by atoms with Gasteiger partial charge in [-0.15, -0.1) is 11.6 Å². The fraction of sp³-hybridized carbons (Fsp3) is 0.188. The van der Waals surface area contributed by atoms with Crippen LogP contribution < -0.4 is 0 Å². The predicted molar refractivity (Wildman–Crippen MR) is 82.1 cm³/mol.